The van der Waals surface area contributed by atoms with Gasteiger partial charge in [0.25, 0.3) is 11.9 Å². The number of pyridine rings is 2. The lowest BCUT2D eigenvalue weighted by Gasteiger charge is -2.13. The Morgan fingerprint density at radius 1 is 1.07 bits per heavy atom. The molecule has 0 saturated heterocycles. The predicted molar refractivity (Wildman–Crippen MR) is 112 cm³/mol. The molecule has 0 saturated carbocycles. The van der Waals surface area contributed by atoms with Crippen LogP contribution in [-0.4, -0.2) is 41.7 Å². The van der Waals surface area contributed by atoms with Crippen molar-refractivity contribution in [2.24, 2.45) is 0 Å². The van der Waals surface area contributed by atoms with Crippen LogP contribution in [0.4, 0.5) is 0 Å². The maximum absolute atomic E-state index is 12.8. The molecule has 4 heterocycles. The average molecular weight is 399 g/mol. The largest absolute Gasteiger partial charge is 0.349 e. The number of hydrogen-bond donors (Lipinski definition) is 1. The summed E-state index contributed by atoms with van der Waals surface area (Å²) >= 11 is 0. The van der Waals surface area contributed by atoms with Gasteiger partial charge in [-0.25, -0.2) is 14.6 Å². The molecule has 4 aromatic heterocycles. The van der Waals surface area contributed by atoms with Crippen LogP contribution in [0.25, 0.3) is 17.2 Å². The summed E-state index contributed by atoms with van der Waals surface area (Å²) in [5.74, 6) is 0.208. The minimum Gasteiger partial charge on any atom is -0.349 e. The Kier molecular flexibility index (Phi) is 5.56. The molecule has 1 N–H and O–H groups in total. The molecule has 0 unspecified atom stereocenters. The van der Waals surface area contributed by atoms with Gasteiger partial charge >= 0.3 is 0 Å². The molecule has 0 aromatic carbocycles. The highest BCUT2D eigenvalue weighted by atomic mass is 16.1. The van der Waals surface area contributed by atoms with E-state index in [4.69, 9.17) is 0 Å². The molecule has 4 rings (SSSR count). The highest BCUT2D eigenvalue weighted by Gasteiger charge is 2.18. The highest BCUT2D eigenvalue weighted by molar-refractivity contribution is 5.95. The zero-order valence-corrected chi connectivity index (χ0v) is 16.7. The Hall–Kier alpha value is -3.94. The molecule has 1 amide bonds. The van der Waals surface area contributed by atoms with E-state index in [9.17, 15) is 4.79 Å². The van der Waals surface area contributed by atoms with Gasteiger partial charge in [-0.3, -0.25) is 14.8 Å². The third-order valence-corrected chi connectivity index (χ3v) is 4.66. The summed E-state index contributed by atoms with van der Waals surface area (Å²) < 4.78 is 1.57. The lowest BCUT2D eigenvalue weighted by atomic mass is 10.1. The Balaban J connectivity index is 1.52. The first kappa shape index (κ1) is 19.4. The monoisotopic (exact) mass is 399 g/mol. The maximum Gasteiger partial charge on any atom is 0.254 e. The van der Waals surface area contributed by atoms with Crippen LogP contribution in [0.2, 0.25) is 0 Å². The average Bonchev–Trinajstić information content (AvgIpc) is 3.16. The molecule has 0 spiro atoms. The number of nitrogens with one attached hydrogen (secondary N) is 1. The summed E-state index contributed by atoms with van der Waals surface area (Å²) in [5, 5.41) is 7.34. The number of rotatable bonds is 6. The van der Waals surface area contributed by atoms with Crippen molar-refractivity contribution in [3.63, 3.8) is 0 Å². The minimum absolute atomic E-state index is 0.0692. The van der Waals surface area contributed by atoms with Crippen LogP contribution in [0.1, 0.15) is 28.7 Å². The molecule has 1 atom stereocenters. The summed E-state index contributed by atoms with van der Waals surface area (Å²) in [5.41, 5.74) is 3.70. The van der Waals surface area contributed by atoms with Crippen LogP contribution in [0.15, 0.2) is 67.4 Å². The molecular formula is C22H21N7O. The van der Waals surface area contributed by atoms with Crippen LogP contribution in [0.5, 0.6) is 0 Å². The zero-order valence-electron chi connectivity index (χ0n) is 16.7. The highest BCUT2D eigenvalue weighted by Crippen LogP contribution is 2.17. The van der Waals surface area contributed by atoms with Gasteiger partial charge in [0.1, 0.15) is 0 Å². The summed E-state index contributed by atoms with van der Waals surface area (Å²) in [6.07, 6.45) is 9.05. The normalized spacial score (nSPS) is 11.8. The van der Waals surface area contributed by atoms with Gasteiger partial charge in [0, 0.05) is 48.5 Å². The topological polar surface area (TPSA) is 98.5 Å². The van der Waals surface area contributed by atoms with Crippen molar-refractivity contribution in [3.8, 4) is 17.2 Å². The molecule has 0 radical (unpaired) electrons. The fourth-order valence-corrected chi connectivity index (χ4v) is 3.14. The second kappa shape index (κ2) is 8.60. The fraction of sp³-hybridized carbons (Fsp3) is 0.182. The van der Waals surface area contributed by atoms with Gasteiger partial charge in [0.05, 0.1) is 23.1 Å². The van der Waals surface area contributed by atoms with Crippen LogP contribution in [0, 0.1) is 6.92 Å². The lowest BCUT2D eigenvalue weighted by Crippen LogP contribution is -2.34. The molecule has 0 bridgehead atoms. The minimum atomic E-state index is -0.189. The van der Waals surface area contributed by atoms with E-state index in [1.165, 1.54) is 6.20 Å². The first-order valence-electron chi connectivity index (χ1n) is 9.61. The first-order chi connectivity index (χ1) is 14.6. The standard InChI is InChI=1S/C22H21N7O/c1-15(12-18-7-3-4-10-24-18)27-21(30)19-14-26-29(16(19)2)22-25-11-8-20(28-22)17-6-5-9-23-13-17/h3-11,13-15H,12H2,1-2H3,(H,27,30)/t15-/m0/s1. The molecule has 30 heavy (non-hydrogen) atoms. The van der Waals surface area contributed by atoms with E-state index >= 15 is 0 Å². The van der Waals surface area contributed by atoms with Gasteiger partial charge in [0.2, 0.25) is 0 Å². The molecule has 150 valence electrons. The van der Waals surface area contributed by atoms with E-state index in [-0.39, 0.29) is 11.9 Å². The van der Waals surface area contributed by atoms with Gasteiger partial charge in [-0.15, -0.1) is 0 Å². The maximum atomic E-state index is 12.8. The first-order valence-corrected chi connectivity index (χ1v) is 9.61. The van der Waals surface area contributed by atoms with Gasteiger partial charge in [-0.1, -0.05) is 6.07 Å². The van der Waals surface area contributed by atoms with E-state index in [0.29, 0.717) is 23.6 Å². The lowest BCUT2D eigenvalue weighted by molar-refractivity contribution is 0.0939. The zero-order chi connectivity index (χ0) is 20.9. The van der Waals surface area contributed by atoms with Crippen molar-refractivity contribution in [2.75, 3.05) is 0 Å². The Morgan fingerprint density at radius 3 is 2.73 bits per heavy atom. The number of amides is 1. The van der Waals surface area contributed by atoms with Gasteiger partial charge in [-0.05, 0) is 44.2 Å². The predicted octanol–water partition coefficient (Wildman–Crippen LogP) is 2.79. The van der Waals surface area contributed by atoms with Crippen LogP contribution < -0.4 is 5.32 Å². The van der Waals surface area contributed by atoms with E-state index in [0.717, 1.165) is 17.0 Å². The molecule has 0 aliphatic rings. The Labute approximate surface area is 174 Å². The second-order valence-corrected chi connectivity index (χ2v) is 6.94. The van der Waals surface area contributed by atoms with E-state index in [1.807, 2.05) is 50.2 Å². The second-order valence-electron chi connectivity index (χ2n) is 6.94. The molecule has 4 aromatic rings. The molecule has 0 aliphatic heterocycles. The third kappa shape index (κ3) is 4.22. The van der Waals surface area contributed by atoms with Crippen molar-refractivity contribution in [3.05, 3.63) is 84.3 Å². The number of aromatic nitrogens is 6. The molecular weight excluding hydrogens is 378 g/mol. The van der Waals surface area contributed by atoms with Gasteiger partial charge in [0.15, 0.2) is 0 Å². The van der Waals surface area contributed by atoms with E-state index in [1.54, 1.807) is 29.5 Å². The number of carbonyl (C=O) groups excluding carboxylic acids is 1. The quantitative estimate of drug-likeness (QED) is 0.535. The smallest absolute Gasteiger partial charge is 0.254 e. The van der Waals surface area contributed by atoms with Crippen molar-refractivity contribution in [1.29, 1.82) is 0 Å². The number of hydrogen-bond acceptors (Lipinski definition) is 6. The third-order valence-electron chi connectivity index (χ3n) is 4.66. The molecule has 8 heteroatoms. The van der Waals surface area contributed by atoms with Gasteiger partial charge in [-0.2, -0.15) is 5.10 Å². The van der Waals surface area contributed by atoms with Crippen molar-refractivity contribution in [1.82, 2.24) is 35.0 Å². The van der Waals surface area contributed by atoms with E-state index < -0.39 is 0 Å². The summed E-state index contributed by atoms with van der Waals surface area (Å²) in [4.78, 5) is 30.1. The molecule has 8 nitrogen and oxygen atoms in total. The van der Waals surface area contributed by atoms with Crippen LogP contribution in [-0.2, 0) is 6.42 Å². The Bertz CT molecular complexity index is 1140. The molecule has 0 aliphatic carbocycles. The van der Waals surface area contributed by atoms with Crippen molar-refractivity contribution >= 4 is 5.91 Å². The van der Waals surface area contributed by atoms with Crippen molar-refractivity contribution < 1.29 is 4.79 Å². The Morgan fingerprint density at radius 2 is 1.97 bits per heavy atom. The summed E-state index contributed by atoms with van der Waals surface area (Å²) in [6, 6.07) is 11.3. The number of carbonyl (C=O) groups is 1. The summed E-state index contributed by atoms with van der Waals surface area (Å²) in [7, 11) is 0. The van der Waals surface area contributed by atoms with Crippen molar-refractivity contribution in [2.45, 2.75) is 26.3 Å². The SMILES string of the molecule is Cc1c(C(=O)N[C@@H](C)Cc2ccccn2)cnn1-c1nccc(-c2cccnc2)n1. The fourth-order valence-electron chi connectivity index (χ4n) is 3.14. The van der Waals surface area contributed by atoms with Crippen LogP contribution in [0.3, 0.4) is 0 Å². The molecule has 0 fully saturated rings. The number of nitrogens with zero attached hydrogens (tertiary/aromatic N) is 6. The summed E-state index contributed by atoms with van der Waals surface area (Å²) in [6.45, 7) is 3.78. The van der Waals surface area contributed by atoms with Gasteiger partial charge < -0.3 is 5.32 Å². The van der Waals surface area contributed by atoms with Crippen LogP contribution >= 0.6 is 0 Å². The van der Waals surface area contributed by atoms with E-state index in [2.05, 4.69) is 30.4 Å².